The molecule has 14 heavy (non-hydrogen) atoms. The molecule has 0 spiro atoms. The third kappa shape index (κ3) is 2.35. The normalized spacial score (nSPS) is 10.0. The highest BCUT2D eigenvalue weighted by molar-refractivity contribution is 6.31. The first-order chi connectivity index (χ1) is 6.65. The molecule has 70 valence electrons. The number of aromatic carboxylic acids is 1. The van der Waals surface area contributed by atoms with Crippen molar-refractivity contribution in [2.75, 3.05) is 0 Å². The Labute approximate surface area is 85.9 Å². The molecular formula is C10H6ClNO2. The number of carboxylic acid groups (broad SMARTS) is 1. The Balaban J connectivity index is 3.23. The molecule has 0 bridgehead atoms. The number of rotatable bonds is 2. The smallest absolute Gasteiger partial charge is 0.336 e. The molecule has 0 aliphatic rings. The summed E-state index contributed by atoms with van der Waals surface area (Å²) in [4.78, 5) is 10.8. The lowest BCUT2D eigenvalue weighted by atomic mass is 10.1. The molecule has 0 atom stereocenters. The Hall–Kier alpha value is -1.79. The summed E-state index contributed by atoms with van der Waals surface area (Å²) in [6, 6.07) is 6.27. The van der Waals surface area contributed by atoms with E-state index in [1.54, 1.807) is 18.2 Å². The molecule has 0 amide bonds. The van der Waals surface area contributed by atoms with Crippen molar-refractivity contribution in [1.29, 1.82) is 5.26 Å². The SMILES string of the molecule is N#C/C=C/c1ccc(Cl)cc1C(=O)O. The fourth-order valence-corrected chi connectivity index (χ4v) is 1.16. The summed E-state index contributed by atoms with van der Waals surface area (Å²) in [6.45, 7) is 0. The minimum atomic E-state index is -1.06. The van der Waals surface area contributed by atoms with Gasteiger partial charge in [-0.15, -0.1) is 0 Å². The molecule has 0 fully saturated rings. The lowest BCUT2D eigenvalue weighted by Crippen LogP contribution is -1.98. The van der Waals surface area contributed by atoms with E-state index in [9.17, 15) is 4.79 Å². The van der Waals surface area contributed by atoms with E-state index >= 15 is 0 Å². The van der Waals surface area contributed by atoms with Gasteiger partial charge in [-0.2, -0.15) is 5.26 Å². The molecule has 0 heterocycles. The van der Waals surface area contributed by atoms with Crippen LogP contribution in [0.25, 0.3) is 6.08 Å². The third-order valence-corrected chi connectivity index (χ3v) is 1.82. The van der Waals surface area contributed by atoms with Gasteiger partial charge in [0, 0.05) is 11.1 Å². The van der Waals surface area contributed by atoms with Gasteiger partial charge < -0.3 is 5.11 Å². The lowest BCUT2D eigenvalue weighted by molar-refractivity contribution is 0.0696. The Bertz CT molecular complexity index is 432. The second kappa shape index (κ2) is 4.45. The summed E-state index contributed by atoms with van der Waals surface area (Å²) >= 11 is 5.64. The minimum Gasteiger partial charge on any atom is -0.478 e. The highest BCUT2D eigenvalue weighted by Gasteiger charge is 2.07. The molecule has 0 aliphatic heterocycles. The first-order valence-electron chi connectivity index (χ1n) is 3.74. The second-order valence-corrected chi connectivity index (χ2v) is 2.94. The largest absolute Gasteiger partial charge is 0.478 e. The van der Waals surface area contributed by atoms with E-state index in [2.05, 4.69) is 0 Å². The number of hydrogen-bond donors (Lipinski definition) is 1. The highest BCUT2D eigenvalue weighted by Crippen LogP contribution is 2.17. The van der Waals surface area contributed by atoms with Crippen molar-refractivity contribution in [3.05, 3.63) is 40.4 Å². The van der Waals surface area contributed by atoms with Crippen molar-refractivity contribution >= 4 is 23.6 Å². The number of carboxylic acids is 1. The quantitative estimate of drug-likeness (QED) is 0.759. The summed E-state index contributed by atoms with van der Waals surface area (Å²) in [5.74, 6) is -1.06. The third-order valence-electron chi connectivity index (χ3n) is 1.58. The van der Waals surface area contributed by atoms with Gasteiger partial charge in [-0.05, 0) is 23.8 Å². The predicted octanol–water partition coefficient (Wildman–Crippen LogP) is 2.57. The van der Waals surface area contributed by atoms with Gasteiger partial charge in [-0.3, -0.25) is 0 Å². The summed E-state index contributed by atoms with van der Waals surface area (Å²) < 4.78 is 0. The van der Waals surface area contributed by atoms with E-state index in [0.717, 1.165) is 0 Å². The molecule has 1 rings (SSSR count). The van der Waals surface area contributed by atoms with Gasteiger partial charge in [0.2, 0.25) is 0 Å². The van der Waals surface area contributed by atoms with Crippen LogP contribution in [0.2, 0.25) is 5.02 Å². The van der Waals surface area contributed by atoms with Gasteiger partial charge in [-0.25, -0.2) is 4.79 Å². The van der Waals surface area contributed by atoms with Gasteiger partial charge in [0.15, 0.2) is 0 Å². The maximum Gasteiger partial charge on any atom is 0.336 e. The van der Waals surface area contributed by atoms with Crippen LogP contribution in [0.5, 0.6) is 0 Å². The Kier molecular flexibility index (Phi) is 3.27. The number of halogens is 1. The molecule has 0 aromatic heterocycles. The summed E-state index contributed by atoms with van der Waals surface area (Å²) in [5.41, 5.74) is 0.549. The Morgan fingerprint density at radius 1 is 1.57 bits per heavy atom. The molecule has 4 heteroatoms. The average Bonchev–Trinajstić information content (AvgIpc) is 2.15. The predicted molar refractivity (Wildman–Crippen MR) is 53.1 cm³/mol. The van der Waals surface area contributed by atoms with Crippen LogP contribution < -0.4 is 0 Å². The molecule has 0 radical (unpaired) electrons. The first kappa shape index (κ1) is 10.3. The van der Waals surface area contributed by atoms with Crippen LogP contribution in [0.4, 0.5) is 0 Å². The van der Waals surface area contributed by atoms with Crippen LogP contribution in [-0.4, -0.2) is 11.1 Å². The van der Waals surface area contributed by atoms with Crippen LogP contribution in [-0.2, 0) is 0 Å². The number of hydrogen-bond acceptors (Lipinski definition) is 2. The van der Waals surface area contributed by atoms with Gasteiger partial charge in [-0.1, -0.05) is 17.7 Å². The monoisotopic (exact) mass is 207 g/mol. The van der Waals surface area contributed by atoms with Crippen molar-refractivity contribution in [3.63, 3.8) is 0 Å². The van der Waals surface area contributed by atoms with Gasteiger partial charge >= 0.3 is 5.97 Å². The summed E-state index contributed by atoms with van der Waals surface area (Å²) in [6.07, 6.45) is 2.65. The maximum absolute atomic E-state index is 10.8. The molecular weight excluding hydrogens is 202 g/mol. The number of carbonyl (C=O) groups is 1. The van der Waals surface area contributed by atoms with E-state index in [-0.39, 0.29) is 5.56 Å². The number of allylic oxidation sites excluding steroid dienone is 1. The van der Waals surface area contributed by atoms with Crippen molar-refractivity contribution in [3.8, 4) is 6.07 Å². The maximum atomic E-state index is 10.8. The Morgan fingerprint density at radius 2 is 2.29 bits per heavy atom. The molecule has 1 N–H and O–H groups in total. The summed E-state index contributed by atoms with van der Waals surface area (Å²) in [5, 5.41) is 17.5. The van der Waals surface area contributed by atoms with Crippen LogP contribution in [0.15, 0.2) is 24.3 Å². The fourth-order valence-electron chi connectivity index (χ4n) is 0.986. The standard InChI is InChI=1S/C10H6ClNO2/c11-8-4-3-7(2-1-5-12)9(6-8)10(13)14/h1-4,6H,(H,13,14)/b2-1+. The average molecular weight is 208 g/mol. The van der Waals surface area contributed by atoms with Gasteiger partial charge in [0.05, 0.1) is 11.6 Å². The molecule has 0 unspecified atom stereocenters. The molecule has 0 saturated carbocycles. The zero-order chi connectivity index (χ0) is 10.6. The number of benzene rings is 1. The molecule has 1 aromatic rings. The van der Waals surface area contributed by atoms with Crippen molar-refractivity contribution in [2.45, 2.75) is 0 Å². The molecule has 3 nitrogen and oxygen atoms in total. The van der Waals surface area contributed by atoms with Crippen molar-refractivity contribution in [2.24, 2.45) is 0 Å². The minimum absolute atomic E-state index is 0.0870. The van der Waals surface area contributed by atoms with Crippen LogP contribution >= 0.6 is 11.6 Å². The van der Waals surface area contributed by atoms with Gasteiger partial charge in [0.1, 0.15) is 0 Å². The van der Waals surface area contributed by atoms with Crippen molar-refractivity contribution < 1.29 is 9.90 Å². The fraction of sp³-hybridized carbons (Fsp3) is 0. The highest BCUT2D eigenvalue weighted by atomic mass is 35.5. The van der Waals surface area contributed by atoms with Crippen LogP contribution in [0, 0.1) is 11.3 Å². The zero-order valence-corrected chi connectivity index (χ0v) is 7.82. The van der Waals surface area contributed by atoms with E-state index < -0.39 is 5.97 Å². The molecule has 1 aromatic carbocycles. The lowest BCUT2D eigenvalue weighted by Gasteiger charge is -2.00. The second-order valence-electron chi connectivity index (χ2n) is 2.50. The van der Waals surface area contributed by atoms with E-state index in [1.807, 2.05) is 0 Å². The van der Waals surface area contributed by atoms with Gasteiger partial charge in [0.25, 0.3) is 0 Å². The van der Waals surface area contributed by atoms with Crippen LogP contribution in [0.3, 0.4) is 0 Å². The molecule has 0 saturated heterocycles. The van der Waals surface area contributed by atoms with Crippen molar-refractivity contribution in [1.82, 2.24) is 0 Å². The summed E-state index contributed by atoms with van der Waals surface area (Å²) in [7, 11) is 0. The first-order valence-corrected chi connectivity index (χ1v) is 4.12. The molecule has 0 aliphatic carbocycles. The number of nitrogens with zero attached hydrogens (tertiary/aromatic N) is 1. The Morgan fingerprint density at radius 3 is 2.86 bits per heavy atom. The topological polar surface area (TPSA) is 61.1 Å². The van der Waals surface area contributed by atoms with E-state index in [4.69, 9.17) is 22.0 Å². The number of nitriles is 1. The van der Waals surface area contributed by atoms with E-state index in [1.165, 1.54) is 18.2 Å². The zero-order valence-electron chi connectivity index (χ0n) is 7.07. The van der Waals surface area contributed by atoms with Crippen LogP contribution in [0.1, 0.15) is 15.9 Å². The van der Waals surface area contributed by atoms with E-state index in [0.29, 0.717) is 10.6 Å².